The predicted molar refractivity (Wildman–Crippen MR) is 79.0 cm³/mol. The summed E-state index contributed by atoms with van der Waals surface area (Å²) in [5.41, 5.74) is -3.89. The van der Waals surface area contributed by atoms with E-state index in [1.165, 1.54) is 6.08 Å². The highest BCUT2D eigenvalue weighted by atomic mass is 35.5. The highest BCUT2D eigenvalue weighted by Crippen LogP contribution is 2.32. The van der Waals surface area contributed by atoms with Crippen molar-refractivity contribution in [2.24, 2.45) is 0 Å². The normalized spacial score (nSPS) is 14.9. The molecule has 0 aliphatic carbocycles. The van der Waals surface area contributed by atoms with Crippen LogP contribution in [-0.4, -0.2) is 37.0 Å². The maximum Gasteiger partial charge on any atom is 0.426 e. The lowest BCUT2D eigenvalue weighted by molar-refractivity contribution is -0.242. The van der Waals surface area contributed by atoms with E-state index in [2.05, 4.69) is 6.58 Å². The van der Waals surface area contributed by atoms with Crippen molar-refractivity contribution < 1.29 is 31.5 Å². The number of hydrogen-bond donors (Lipinski definition) is 2. The molecule has 0 saturated heterocycles. The first-order valence-electron chi connectivity index (χ1n) is 6.06. The van der Waals surface area contributed by atoms with Gasteiger partial charge in [-0.2, -0.15) is 13.2 Å². The Kier molecular flexibility index (Phi) is 5.50. The van der Waals surface area contributed by atoms with Crippen molar-refractivity contribution in [2.45, 2.75) is 23.6 Å². The molecule has 0 spiro atoms. The molecule has 0 bridgehead atoms. The summed E-state index contributed by atoms with van der Waals surface area (Å²) in [6.07, 6.45) is -4.02. The first-order chi connectivity index (χ1) is 10.3. The molecule has 1 atom stereocenters. The van der Waals surface area contributed by atoms with Crippen LogP contribution in [0.1, 0.15) is 6.92 Å². The van der Waals surface area contributed by atoms with Crippen LogP contribution in [0, 0.1) is 0 Å². The molecule has 0 heterocycles. The molecule has 0 aliphatic rings. The molecule has 0 aliphatic heterocycles. The molecule has 10 heteroatoms. The van der Waals surface area contributed by atoms with Crippen molar-refractivity contribution in [3.05, 3.63) is 35.9 Å². The minimum Gasteiger partial charge on any atom is -0.373 e. The van der Waals surface area contributed by atoms with Crippen LogP contribution in [0.4, 0.5) is 18.9 Å². The zero-order valence-corrected chi connectivity index (χ0v) is 13.4. The Hall–Kier alpha value is -1.58. The van der Waals surface area contributed by atoms with E-state index in [9.17, 15) is 31.5 Å². The number of halogens is 4. The summed E-state index contributed by atoms with van der Waals surface area (Å²) >= 11 is 5.78. The van der Waals surface area contributed by atoms with Crippen molar-refractivity contribution in [3.63, 3.8) is 0 Å². The third-order valence-corrected chi connectivity index (χ3v) is 4.84. The van der Waals surface area contributed by atoms with Gasteiger partial charge in [-0.05, 0) is 25.1 Å². The smallest absolute Gasteiger partial charge is 0.373 e. The Bertz CT molecular complexity index is 729. The van der Waals surface area contributed by atoms with Crippen LogP contribution in [0.15, 0.2) is 35.7 Å². The van der Waals surface area contributed by atoms with E-state index >= 15 is 0 Å². The molecule has 0 radical (unpaired) electrons. The number of benzene rings is 1. The number of carbonyl (C=O) groups excluding carboxylic acids is 1. The van der Waals surface area contributed by atoms with Gasteiger partial charge in [-0.15, -0.1) is 6.58 Å². The topological polar surface area (TPSA) is 83.5 Å². The third kappa shape index (κ3) is 4.24. The van der Waals surface area contributed by atoms with Gasteiger partial charge in [-0.25, -0.2) is 8.42 Å². The number of alkyl halides is 3. The fourth-order valence-electron chi connectivity index (χ4n) is 1.41. The lowest BCUT2D eigenvalue weighted by atomic mass is 10.1. The van der Waals surface area contributed by atoms with Gasteiger partial charge in [0.2, 0.25) is 5.60 Å². The summed E-state index contributed by atoms with van der Waals surface area (Å²) in [6, 6.07) is 3.09. The number of sulfone groups is 1. The van der Waals surface area contributed by atoms with Gasteiger partial charge >= 0.3 is 6.18 Å². The van der Waals surface area contributed by atoms with E-state index in [0.29, 0.717) is 6.92 Å². The second kappa shape index (κ2) is 6.50. The average Bonchev–Trinajstić information content (AvgIpc) is 2.39. The number of nitrogens with one attached hydrogen (secondary N) is 1. The summed E-state index contributed by atoms with van der Waals surface area (Å²) in [5, 5.41) is 10.8. The number of aliphatic hydroxyl groups is 1. The Balaban J connectivity index is 3.10. The van der Waals surface area contributed by atoms with E-state index in [4.69, 9.17) is 11.6 Å². The third-order valence-electron chi connectivity index (χ3n) is 2.88. The number of rotatable bonds is 5. The Morgan fingerprint density at radius 3 is 2.43 bits per heavy atom. The van der Waals surface area contributed by atoms with Crippen LogP contribution in [0.2, 0.25) is 5.02 Å². The number of anilines is 1. The summed E-state index contributed by atoms with van der Waals surface area (Å²) < 4.78 is 61.3. The number of hydrogen-bond acceptors (Lipinski definition) is 4. The molecule has 1 aromatic carbocycles. The summed E-state index contributed by atoms with van der Waals surface area (Å²) in [6.45, 7) is 3.59. The van der Waals surface area contributed by atoms with Gasteiger partial charge in [0.15, 0.2) is 9.84 Å². The molecule has 2 N–H and O–H groups in total. The van der Waals surface area contributed by atoms with Crippen LogP contribution in [-0.2, 0) is 14.6 Å². The highest BCUT2D eigenvalue weighted by molar-refractivity contribution is 7.91. The van der Waals surface area contributed by atoms with Crippen molar-refractivity contribution in [2.75, 3.05) is 11.1 Å². The quantitative estimate of drug-likeness (QED) is 0.779. The van der Waals surface area contributed by atoms with E-state index in [0.717, 1.165) is 18.2 Å². The van der Waals surface area contributed by atoms with Crippen molar-refractivity contribution in [1.29, 1.82) is 0 Å². The molecule has 0 unspecified atom stereocenters. The minimum absolute atomic E-state index is 0.178. The minimum atomic E-state index is -5.18. The molecule has 128 valence electrons. The first kappa shape index (κ1) is 19.5. The first-order valence-corrected chi connectivity index (χ1v) is 8.09. The molecule has 1 aromatic rings. The fourth-order valence-corrected chi connectivity index (χ4v) is 2.78. The number of carbonyl (C=O) groups is 1. The van der Waals surface area contributed by atoms with Gasteiger partial charge in [0.1, 0.15) is 0 Å². The standard InChI is InChI=1S/C13H13ClF3NO4S/c1-3-6-23(21,22)8-4-5-10(9(14)7-8)18-11(19)12(2,20)13(15,16)17/h3-5,7,20H,1,6H2,2H3,(H,18,19)/t12-/m1/s1. The summed E-state index contributed by atoms with van der Waals surface area (Å²) in [4.78, 5) is 11.4. The molecule has 23 heavy (non-hydrogen) atoms. The molecule has 0 saturated carbocycles. The lowest BCUT2D eigenvalue weighted by Gasteiger charge is -2.25. The monoisotopic (exact) mass is 371 g/mol. The van der Waals surface area contributed by atoms with E-state index in [1.807, 2.05) is 5.32 Å². The Morgan fingerprint density at radius 2 is 2.00 bits per heavy atom. The van der Waals surface area contributed by atoms with Gasteiger partial charge in [0.05, 0.1) is 21.4 Å². The highest BCUT2D eigenvalue weighted by Gasteiger charge is 2.55. The van der Waals surface area contributed by atoms with Crippen LogP contribution >= 0.6 is 11.6 Å². The SMILES string of the molecule is C=CCS(=O)(=O)c1ccc(NC(=O)[C@@](C)(O)C(F)(F)F)c(Cl)c1. The summed E-state index contributed by atoms with van der Waals surface area (Å²) in [7, 11) is -3.67. The fraction of sp³-hybridized carbons (Fsp3) is 0.308. The molecule has 1 rings (SSSR count). The molecule has 0 aromatic heterocycles. The van der Waals surface area contributed by atoms with Gasteiger partial charge in [-0.3, -0.25) is 4.79 Å². The Morgan fingerprint density at radius 1 is 1.43 bits per heavy atom. The van der Waals surface area contributed by atoms with Crippen LogP contribution in [0.3, 0.4) is 0 Å². The average molecular weight is 372 g/mol. The second-order valence-electron chi connectivity index (χ2n) is 4.74. The molecule has 0 fully saturated rings. The van der Waals surface area contributed by atoms with Gasteiger partial charge in [-0.1, -0.05) is 17.7 Å². The van der Waals surface area contributed by atoms with Gasteiger partial charge in [0, 0.05) is 0 Å². The van der Waals surface area contributed by atoms with Crippen LogP contribution < -0.4 is 5.32 Å². The zero-order chi connectivity index (χ0) is 18.1. The second-order valence-corrected chi connectivity index (χ2v) is 7.18. The van der Waals surface area contributed by atoms with Crippen molar-refractivity contribution in [1.82, 2.24) is 0 Å². The van der Waals surface area contributed by atoms with Crippen LogP contribution in [0.25, 0.3) is 0 Å². The maximum atomic E-state index is 12.6. The summed E-state index contributed by atoms with van der Waals surface area (Å²) in [5.74, 6) is -2.09. The van der Waals surface area contributed by atoms with Gasteiger partial charge in [0.25, 0.3) is 5.91 Å². The molecular weight excluding hydrogens is 359 g/mol. The largest absolute Gasteiger partial charge is 0.426 e. The lowest BCUT2D eigenvalue weighted by Crippen LogP contribution is -2.52. The van der Waals surface area contributed by atoms with Crippen molar-refractivity contribution >= 4 is 33.0 Å². The molecule has 5 nitrogen and oxygen atoms in total. The maximum absolute atomic E-state index is 12.6. The number of amides is 1. The van der Waals surface area contributed by atoms with Gasteiger partial charge < -0.3 is 10.4 Å². The van der Waals surface area contributed by atoms with E-state index in [1.54, 1.807) is 0 Å². The van der Waals surface area contributed by atoms with E-state index in [-0.39, 0.29) is 21.4 Å². The Labute approximate surface area is 135 Å². The molecule has 1 amide bonds. The van der Waals surface area contributed by atoms with Crippen LogP contribution in [0.5, 0.6) is 0 Å². The van der Waals surface area contributed by atoms with E-state index < -0.39 is 27.5 Å². The van der Waals surface area contributed by atoms with Crippen molar-refractivity contribution in [3.8, 4) is 0 Å². The predicted octanol–water partition coefficient (Wildman–Crippen LogP) is 2.55. The zero-order valence-electron chi connectivity index (χ0n) is 11.8. The molecular formula is C13H13ClF3NO4S.